The molecule has 45 heavy (non-hydrogen) atoms. The average molecular weight is 645 g/mol. The smallest absolute Gasteiger partial charge is 0.458 e. The fourth-order valence-corrected chi connectivity index (χ4v) is 8.07. The molecule has 5 aliphatic rings. The molecular weight excluding hydrogens is 609 g/mol. The van der Waals surface area contributed by atoms with Gasteiger partial charge in [0.1, 0.15) is 18.6 Å². The third-order valence-electron chi connectivity index (χ3n) is 10.1. The minimum atomic E-state index is -5.98. The Kier molecular flexibility index (Phi) is 7.40. The van der Waals surface area contributed by atoms with E-state index in [-0.39, 0.29) is 37.7 Å². The maximum atomic E-state index is 15.5. The van der Waals surface area contributed by atoms with Crippen molar-refractivity contribution in [2.24, 2.45) is 0 Å². The van der Waals surface area contributed by atoms with Gasteiger partial charge in [-0.05, 0) is 50.8 Å². The fraction of sp³-hybridized carbons (Fsp3) is 0.667. The number of hydrogen-bond acceptors (Lipinski definition) is 8. The molecule has 5 unspecified atom stereocenters. The predicted octanol–water partition coefficient (Wildman–Crippen LogP) is 4.87. The highest BCUT2D eigenvalue weighted by molar-refractivity contribution is 5.56. The van der Waals surface area contributed by atoms with Crippen molar-refractivity contribution in [1.29, 1.82) is 0 Å². The van der Waals surface area contributed by atoms with Crippen molar-refractivity contribution in [2.75, 3.05) is 43.4 Å². The van der Waals surface area contributed by atoms with E-state index in [1.807, 2.05) is 0 Å². The summed E-state index contributed by atoms with van der Waals surface area (Å²) in [7, 11) is 0. The molecule has 6 heterocycles. The number of aryl methyl sites for hydroxylation is 1. The molecule has 7 rings (SSSR count). The number of fused-ring (bicyclic) bond motifs is 4. The van der Waals surface area contributed by atoms with Crippen LogP contribution >= 0.6 is 0 Å². The first kappa shape index (κ1) is 30.7. The summed E-state index contributed by atoms with van der Waals surface area (Å²) in [5.74, 6) is -6.23. The molecule has 1 aromatic heterocycles. The molecule has 0 amide bonds. The molecule has 0 saturated carbocycles. The molecule has 3 N–H and O–H groups in total. The highest BCUT2D eigenvalue weighted by atomic mass is 19.4. The summed E-state index contributed by atoms with van der Waals surface area (Å²) in [5, 5.41) is 3.55. The Labute approximate surface area is 255 Å². The van der Waals surface area contributed by atoms with Gasteiger partial charge in [-0.2, -0.15) is 31.9 Å². The second-order valence-electron chi connectivity index (χ2n) is 13.1. The Bertz CT molecular complexity index is 1480. The van der Waals surface area contributed by atoms with E-state index in [1.54, 1.807) is 0 Å². The first-order chi connectivity index (χ1) is 21.3. The van der Waals surface area contributed by atoms with Gasteiger partial charge in [0.2, 0.25) is 0 Å². The van der Waals surface area contributed by atoms with E-state index in [2.05, 4.69) is 20.1 Å². The van der Waals surface area contributed by atoms with Gasteiger partial charge in [0.15, 0.2) is 5.82 Å². The van der Waals surface area contributed by atoms with Crippen LogP contribution in [-0.4, -0.2) is 77.6 Å². The summed E-state index contributed by atoms with van der Waals surface area (Å²) in [6, 6.07) is 1.23. The first-order valence-electron chi connectivity index (χ1n) is 15.3. The zero-order valence-electron chi connectivity index (χ0n) is 24.7. The standard InChI is InChI=1S/C30H35F7N6O2/c1-15-7-20(38)25(32)23(24(15)29(33,34)30(35,36)37)22-8-21-19(13-44-22)26(42-11-17-3-4-18(12-42)39-17)41-27(40-21)45-14-28-5-2-6-43(28)10-16(31)9-28/h7,16-18,22,39H,2-6,8-14,38H2,1H3. The van der Waals surface area contributed by atoms with Crippen LogP contribution in [0.5, 0.6) is 6.01 Å². The molecule has 0 spiro atoms. The number of nitrogens with one attached hydrogen (secondary N) is 1. The number of nitrogens with zero attached hydrogens (tertiary/aromatic N) is 4. The van der Waals surface area contributed by atoms with E-state index in [0.29, 0.717) is 43.1 Å². The van der Waals surface area contributed by atoms with Crippen molar-refractivity contribution in [3.8, 4) is 6.01 Å². The number of nitrogens with two attached hydrogens (primary N) is 1. The van der Waals surface area contributed by atoms with E-state index in [1.165, 1.54) is 0 Å². The van der Waals surface area contributed by atoms with Crippen LogP contribution < -0.4 is 20.7 Å². The predicted molar refractivity (Wildman–Crippen MR) is 149 cm³/mol. The van der Waals surface area contributed by atoms with Crippen LogP contribution in [0.25, 0.3) is 0 Å². The van der Waals surface area contributed by atoms with Gasteiger partial charge in [-0.1, -0.05) is 0 Å². The molecule has 5 atom stereocenters. The molecule has 8 nitrogen and oxygen atoms in total. The van der Waals surface area contributed by atoms with Crippen molar-refractivity contribution < 1.29 is 40.2 Å². The van der Waals surface area contributed by atoms with E-state index in [4.69, 9.17) is 20.2 Å². The highest BCUT2D eigenvalue weighted by Gasteiger charge is 2.61. The zero-order chi connectivity index (χ0) is 31.9. The third kappa shape index (κ3) is 5.18. The molecule has 246 valence electrons. The van der Waals surface area contributed by atoms with Crippen LogP contribution in [0.4, 0.5) is 42.2 Å². The molecule has 0 aliphatic carbocycles. The molecule has 0 radical (unpaired) electrons. The van der Waals surface area contributed by atoms with Crippen LogP contribution in [-0.2, 0) is 23.7 Å². The quantitative estimate of drug-likeness (QED) is 0.341. The fourth-order valence-electron chi connectivity index (χ4n) is 8.07. The van der Waals surface area contributed by atoms with Gasteiger partial charge in [-0.25, -0.2) is 8.78 Å². The van der Waals surface area contributed by atoms with Gasteiger partial charge in [0, 0.05) is 61.2 Å². The molecule has 4 fully saturated rings. The summed E-state index contributed by atoms with van der Waals surface area (Å²) < 4.78 is 113. The van der Waals surface area contributed by atoms with Gasteiger partial charge >= 0.3 is 18.1 Å². The number of rotatable bonds is 6. The Balaban J connectivity index is 1.27. The molecule has 1 aromatic carbocycles. The lowest BCUT2D eigenvalue weighted by molar-refractivity contribution is -0.290. The van der Waals surface area contributed by atoms with Crippen LogP contribution in [0.3, 0.4) is 0 Å². The number of aromatic nitrogens is 2. The lowest BCUT2D eigenvalue weighted by atomic mass is 9.88. The van der Waals surface area contributed by atoms with E-state index < -0.39 is 58.1 Å². The number of hydrogen-bond donors (Lipinski definition) is 2. The first-order valence-corrected chi connectivity index (χ1v) is 15.3. The Hall–Kier alpha value is -2.91. The summed E-state index contributed by atoms with van der Waals surface area (Å²) in [5.41, 5.74) is 2.55. The normalized spacial score (nSPS) is 30.1. The number of nitrogen functional groups attached to an aromatic ring is 1. The number of anilines is 2. The lowest BCUT2D eigenvalue weighted by Gasteiger charge is -2.37. The third-order valence-corrected chi connectivity index (χ3v) is 10.1. The van der Waals surface area contributed by atoms with Gasteiger partial charge in [-0.3, -0.25) is 4.90 Å². The van der Waals surface area contributed by atoms with Crippen LogP contribution in [0.15, 0.2) is 6.07 Å². The van der Waals surface area contributed by atoms with Crippen molar-refractivity contribution >= 4 is 11.5 Å². The number of benzene rings is 1. The highest BCUT2D eigenvalue weighted by Crippen LogP contribution is 2.50. The number of ether oxygens (including phenoxy) is 2. The van der Waals surface area contributed by atoms with Crippen LogP contribution in [0.2, 0.25) is 0 Å². The minimum absolute atomic E-state index is 0.0103. The largest absolute Gasteiger partial charge is 0.461 e. The summed E-state index contributed by atoms with van der Waals surface area (Å²) in [6.07, 6.45) is -4.83. The number of piperazine rings is 1. The lowest BCUT2D eigenvalue weighted by Crippen LogP contribution is -2.52. The number of alkyl halides is 6. The van der Waals surface area contributed by atoms with Crippen molar-refractivity contribution in [3.63, 3.8) is 0 Å². The monoisotopic (exact) mass is 644 g/mol. The van der Waals surface area contributed by atoms with E-state index >= 15 is 4.39 Å². The van der Waals surface area contributed by atoms with Crippen LogP contribution in [0.1, 0.15) is 66.2 Å². The average Bonchev–Trinajstić information content (AvgIpc) is 3.62. The van der Waals surface area contributed by atoms with Crippen molar-refractivity contribution in [3.05, 3.63) is 39.8 Å². The van der Waals surface area contributed by atoms with Gasteiger partial charge < -0.3 is 25.4 Å². The van der Waals surface area contributed by atoms with E-state index in [0.717, 1.165) is 45.2 Å². The van der Waals surface area contributed by atoms with Gasteiger partial charge in [-0.15, -0.1) is 0 Å². The van der Waals surface area contributed by atoms with Crippen molar-refractivity contribution in [2.45, 2.75) is 94.1 Å². The summed E-state index contributed by atoms with van der Waals surface area (Å²) >= 11 is 0. The molecular formula is C30H35F7N6O2. The van der Waals surface area contributed by atoms with Gasteiger partial charge in [0.25, 0.3) is 0 Å². The molecule has 2 bridgehead atoms. The van der Waals surface area contributed by atoms with Crippen LogP contribution in [0, 0.1) is 12.7 Å². The topological polar surface area (TPSA) is 88.8 Å². The van der Waals surface area contributed by atoms with Gasteiger partial charge in [0.05, 0.1) is 29.6 Å². The second kappa shape index (κ2) is 10.8. The summed E-state index contributed by atoms with van der Waals surface area (Å²) in [6.45, 7) is 3.29. The second-order valence-corrected chi connectivity index (χ2v) is 13.1. The Morgan fingerprint density at radius 1 is 1.13 bits per heavy atom. The maximum Gasteiger partial charge on any atom is 0.458 e. The Morgan fingerprint density at radius 2 is 1.87 bits per heavy atom. The minimum Gasteiger partial charge on any atom is -0.461 e. The Morgan fingerprint density at radius 3 is 2.58 bits per heavy atom. The van der Waals surface area contributed by atoms with Crippen molar-refractivity contribution in [1.82, 2.24) is 20.2 Å². The summed E-state index contributed by atoms with van der Waals surface area (Å²) in [4.78, 5) is 13.5. The SMILES string of the molecule is Cc1cc(N)c(F)c(C2Cc3nc(OCC45CCCN4CC(F)C5)nc(N4CC5CCC(C4)N5)c3CO2)c1C(F)(F)C(F)(F)F. The zero-order valence-corrected chi connectivity index (χ0v) is 24.7. The molecule has 2 aromatic rings. The molecule has 5 aliphatic heterocycles. The molecule has 4 saturated heterocycles. The number of halogens is 7. The molecule has 15 heteroatoms. The van der Waals surface area contributed by atoms with E-state index in [9.17, 15) is 26.3 Å². The maximum absolute atomic E-state index is 15.5.